The van der Waals surface area contributed by atoms with E-state index >= 15 is 0 Å². The molecule has 0 bridgehead atoms. The SMILES string of the molecule is C/C(C(=O)SCCNC(=O)CCNC(=O)[C@H](O)C(C)(C)COP(=O)(O)OP(=O)(O)OC[C@H]1O[C@@H](n2cnc3c(N)ncnc32)[C@H](O)[C@@H]1OP(=O)(O)O)=C(\CC[C@@H](C)[C@H]1CC[C@H]2[C@@H]3CCC4=CC(=O)CC[C@]4(C)[C@H]3CC[C@]12C)C(C)C(=O)O. The van der Waals surface area contributed by atoms with Crippen LogP contribution in [0.5, 0.6) is 0 Å². The Morgan fingerprint density at radius 3 is 2.35 bits per heavy atom. The van der Waals surface area contributed by atoms with Crippen molar-refractivity contribution >= 4 is 80.9 Å². The second-order valence-electron chi connectivity index (χ2n) is 23.6. The molecule has 15 atom stereocenters. The number of carboxylic acid groups (broad SMARTS) is 1. The standard InChI is InChI=1S/C51H78N7O20P3S/c1-27(34-12-13-35-33-11-9-30-22-31(59)14-17-50(30,6)36(33)15-18-51(34,35)7)8-10-32(28(2)47(64)65)29(3)48(66)82-21-20-53-38(60)16-19-54-45(63)42(62)49(4,5)24-75-81(72,73)78-80(70,71)74-23-37-41(77-79(67,68)69)40(61)46(76-37)58-26-57-39-43(52)55-25-56-44(39)58/h22,25-28,33-37,40-42,46,61-62H,8-21,23-24H2,1-7H3,(H,53,60)(H,54,63)(H,64,65)(H,70,71)(H,72,73)(H2,52,55,56)(H2,67,68,69)/b32-29-/t27-,28?,33+,34-,35+,36+,37-,40-,41-,42+,46-,50+,51-/m1/s1. The summed E-state index contributed by atoms with van der Waals surface area (Å²) >= 11 is 0.954. The number of nitrogens with two attached hydrogens (primary N) is 1. The number of aliphatic carboxylic acids is 1. The topological polar surface area (TPSA) is 418 Å². The fourth-order valence-corrected chi connectivity index (χ4v) is 17.1. The van der Waals surface area contributed by atoms with Crippen LogP contribution in [0.15, 0.2) is 35.4 Å². The number of hydrogen-bond donors (Lipinski definition) is 10. The molecule has 1 aliphatic heterocycles. The number of nitrogens with one attached hydrogen (secondary N) is 2. The second kappa shape index (κ2) is 26.0. The molecule has 2 aromatic rings. The Labute approximate surface area is 479 Å². The molecule has 458 valence electrons. The van der Waals surface area contributed by atoms with Gasteiger partial charge in [0, 0.05) is 42.7 Å². The lowest BCUT2D eigenvalue weighted by molar-refractivity contribution is -0.140. The van der Waals surface area contributed by atoms with Crippen molar-refractivity contribution in [1.29, 1.82) is 0 Å². The van der Waals surface area contributed by atoms with Gasteiger partial charge in [0.1, 0.15) is 36.3 Å². The Kier molecular flexibility index (Phi) is 20.9. The van der Waals surface area contributed by atoms with E-state index in [0.29, 0.717) is 53.6 Å². The maximum atomic E-state index is 13.5. The van der Waals surface area contributed by atoms with Crippen LogP contribution in [0.4, 0.5) is 5.82 Å². The van der Waals surface area contributed by atoms with Gasteiger partial charge in [-0.3, -0.25) is 42.1 Å². The van der Waals surface area contributed by atoms with Crippen molar-refractivity contribution in [2.75, 3.05) is 37.8 Å². The molecule has 4 aliphatic carbocycles. The van der Waals surface area contributed by atoms with Gasteiger partial charge in [-0.25, -0.2) is 28.6 Å². The van der Waals surface area contributed by atoms with Crippen LogP contribution >= 0.6 is 35.2 Å². The van der Waals surface area contributed by atoms with Crippen molar-refractivity contribution in [3.8, 4) is 0 Å². The quantitative estimate of drug-likeness (QED) is 0.0326. The number of rotatable bonds is 26. The van der Waals surface area contributed by atoms with E-state index in [0.717, 1.165) is 73.9 Å². The molecule has 0 radical (unpaired) electrons. The maximum absolute atomic E-state index is 13.5. The van der Waals surface area contributed by atoms with E-state index < -0.39 is 96.4 Å². The molecule has 3 unspecified atom stereocenters. The first-order chi connectivity index (χ1) is 38.2. The van der Waals surface area contributed by atoms with Crippen molar-refractivity contribution in [1.82, 2.24) is 30.2 Å². The highest BCUT2D eigenvalue weighted by Gasteiger charge is 2.60. The number of carbonyl (C=O) groups is 5. The Bertz CT molecular complexity index is 2960. The number of phosphoric ester groups is 3. The molecule has 82 heavy (non-hydrogen) atoms. The van der Waals surface area contributed by atoms with Crippen molar-refractivity contribution in [2.45, 2.75) is 150 Å². The Hall–Kier alpha value is -3.82. The predicted octanol–water partition coefficient (Wildman–Crippen LogP) is 5.27. The smallest absolute Gasteiger partial charge is 0.481 e. The third-order valence-electron chi connectivity index (χ3n) is 18.0. The lowest BCUT2D eigenvalue weighted by Gasteiger charge is -2.58. The summed E-state index contributed by atoms with van der Waals surface area (Å²) in [4.78, 5) is 115. The molecule has 31 heteroatoms. The summed E-state index contributed by atoms with van der Waals surface area (Å²) in [6.07, 6.45) is 4.29. The second-order valence-corrected chi connectivity index (χ2v) is 28.9. The van der Waals surface area contributed by atoms with Crippen LogP contribution in [0.2, 0.25) is 0 Å². The van der Waals surface area contributed by atoms with Gasteiger partial charge < -0.3 is 56.0 Å². The number of anilines is 1. The number of ether oxygens (including phenoxy) is 1. The number of carboxylic acids is 1. The van der Waals surface area contributed by atoms with E-state index in [9.17, 15) is 72.6 Å². The average Bonchev–Trinajstić information content (AvgIpc) is 3.00. The van der Waals surface area contributed by atoms with Crippen LogP contribution in [0.25, 0.3) is 11.2 Å². The molecule has 0 aromatic carbocycles. The molecule has 2 amide bonds. The first-order valence-electron chi connectivity index (χ1n) is 27.4. The number of phosphoric acid groups is 3. The number of fused-ring (bicyclic) bond motifs is 6. The summed E-state index contributed by atoms with van der Waals surface area (Å²) in [6, 6.07) is 0. The van der Waals surface area contributed by atoms with Crippen molar-refractivity contribution in [3.63, 3.8) is 0 Å². The van der Waals surface area contributed by atoms with Gasteiger partial charge in [-0.15, -0.1) is 0 Å². The number of amides is 2. The summed E-state index contributed by atoms with van der Waals surface area (Å²) in [6.45, 7) is 10.6. The molecule has 27 nitrogen and oxygen atoms in total. The van der Waals surface area contributed by atoms with Gasteiger partial charge >= 0.3 is 29.4 Å². The average molecular weight is 1230 g/mol. The molecule has 5 aliphatic rings. The van der Waals surface area contributed by atoms with E-state index in [4.69, 9.17) is 19.5 Å². The zero-order valence-corrected chi connectivity index (χ0v) is 50.5. The summed E-state index contributed by atoms with van der Waals surface area (Å²) in [7, 11) is -16.5. The number of allylic oxidation sites excluding steroid dienone is 1. The van der Waals surface area contributed by atoms with E-state index in [1.54, 1.807) is 13.8 Å². The first kappa shape index (κ1) is 65.7. The van der Waals surface area contributed by atoms with Gasteiger partial charge in [0.2, 0.25) is 16.9 Å². The molecular formula is C51H78N7O20P3S. The zero-order valence-electron chi connectivity index (χ0n) is 47.0. The van der Waals surface area contributed by atoms with Crippen molar-refractivity contribution < 1.29 is 95.2 Å². The summed E-state index contributed by atoms with van der Waals surface area (Å²) in [5.41, 5.74) is 6.82. The predicted molar refractivity (Wildman–Crippen MR) is 295 cm³/mol. The molecule has 3 saturated carbocycles. The van der Waals surface area contributed by atoms with Gasteiger partial charge in [-0.2, -0.15) is 4.31 Å². The highest BCUT2D eigenvalue weighted by Crippen LogP contribution is 2.68. The van der Waals surface area contributed by atoms with Crippen LogP contribution in [0.3, 0.4) is 0 Å². The minimum atomic E-state index is -5.62. The number of aliphatic hydroxyl groups is 2. The lowest BCUT2D eigenvalue weighted by Crippen LogP contribution is -2.51. The maximum Gasteiger partial charge on any atom is 0.481 e. The molecule has 0 spiro atoms. The summed E-state index contributed by atoms with van der Waals surface area (Å²) < 4.78 is 62.9. The molecule has 7 rings (SSSR count). The van der Waals surface area contributed by atoms with Crippen LogP contribution in [-0.4, -0.2) is 140 Å². The monoisotopic (exact) mass is 1230 g/mol. The summed E-state index contributed by atoms with van der Waals surface area (Å²) in [5.74, 6) is -0.411. The zero-order chi connectivity index (χ0) is 60.5. The first-order valence-corrected chi connectivity index (χ1v) is 32.9. The van der Waals surface area contributed by atoms with Crippen LogP contribution < -0.4 is 16.4 Å². The Morgan fingerprint density at radius 2 is 1.66 bits per heavy atom. The van der Waals surface area contributed by atoms with E-state index in [2.05, 4.69) is 55.2 Å². The highest BCUT2D eigenvalue weighted by molar-refractivity contribution is 8.14. The fraction of sp³-hybridized carbons (Fsp3) is 0.725. The number of aromatic nitrogens is 4. The molecule has 1 saturated heterocycles. The number of aliphatic hydroxyl groups excluding tert-OH is 2. The van der Waals surface area contributed by atoms with Crippen LogP contribution in [-0.2, 0) is 60.3 Å². The minimum absolute atomic E-state index is 0.0189. The Morgan fingerprint density at radius 1 is 0.951 bits per heavy atom. The third kappa shape index (κ3) is 15.0. The van der Waals surface area contributed by atoms with E-state index in [-0.39, 0.29) is 64.0 Å². The number of thioether (sulfide) groups is 1. The number of hydrogen-bond acceptors (Lipinski definition) is 20. The van der Waals surface area contributed by atoms with E-state index in [1.165, 1.54) is 25.8 Å². The van der Waals surface area contributed by atoms with E-state index in [1.807, 2.05) is 6.08 Å². The van der Waals surface area contributed by atoms with Gasteiger partial charge in [0.25, 0.3) is 0 Å². The normalized spacial score (nSPS) is 30.4. The van der Waals surface area contributed by atoms with Crippen molar-refractivity contribution in [3.05, 3.63) is 35.4 Å². The van der Waals surface area contributed by atoms with Crippen LogP contribution in [0.1, 0.15) is 125 Å². The van der Waals surface area contributed by atoms with Gasteiger partial charge in [0.05, 0.1) is 25.5 Å². The number of nitrogens with zero attached hydrogens (tertiary/aromatic N) is 4. The van der Waals surface area contributed by atoms with Gasteiger partial charge in [-0.1, -0.05) is 52.0 Å². The number of nitrogen functional groups attached to an aromatic ring is 1. The molecule has 11 N–H and O–H groups in total. The highest BCUT2D eigenvalue weighted by atomic mass is 32.2. The fourth-order valence-electron chi connectivity index (χ4n) is 13.5. The minimum Gasteiger partial charge on any atom is -0.481 e. The molecule has 2 aromatic heterocycles. The largest absolute Gasteiger partial charge is 0.481 e. The van der Waals surface area contributed by atoms with Gasteiger partial charge in [-0.05, 0) is 124 Å². The number of carbonyl (C=O) groups excluding carboxylic acids is 4. The lowest BCUT2D eigenvalue weighted by atomic mass is 9.46. The Balaban J connectivity index is 0.819. The molecule has 3 heterocycles. The number of imidazole rings is 1. The van der Waals surface area contributed by atoms with Gasteiger partial charge in [0.15, 0.2) is 23.5 Å². The third-order valence-corrected chi connectivity index (χ3v) is 22.1. The number of ketones is 1. The molecular weight excluding hydrogens is 1160 g/mol. The molecule has 4 fully saturated rings. The van der Waals surface area contributed by atoms with Crippen molar-refractivity contribution in [2.24, 2.45) is 51.8 Å². The summed E-state index contributed by atoms with van der Waals surface area (Å²) in [5, 5.41) is 36.6. The van der Waals surface area contributed by atoms with Crippen LogP contribution in [0, 0.1) is 51.8 Å².